The van der Waals surface area contributed by atoms with Crippen LogP contribution in [0.1, 0.15) is 42.1 Å². The van der Waals surface area contributed by atoms with Crippen LogP contribution in [0.4, 0.5) is 4.39 Å². The number of halogens is 1. The van der Waals surface area contributed by atoms with Gasteiger partial charge < -0.3 is 10.3 Å². The summed E-state index contributed by atoms with van der Waals surface area (Å²) >= 11 is 0. The van der Waals surface area contributed by atoms with Gasteiger partial charge in [-0.25, -0.2) is 9.07 Å². The summed E-state index contributed by atoms with van der Waals surface area (Å²) in [6.07, 6.45) is 7.49. The second-order valence-electron chi connectivity index (χ2n) is 7.78. The van der Waals surface area contributed by atoms with Crippen LogP contribution < -0.4 is 5.32 Å². The third kappa shape index (κ3) is 3.38. The molecule has 0 fully saturated rings. The van der Waals surface area contributed by atoms with Gasteiger partial charge in [-0.15, -0.1) is 0 Å². The number of hydrogen-bond donors (Lipinski definition) is 2. The number of para-hydroxylation sites is 2. The van der Waals surface area contributed by atoms with E-state index in [2.05, 4.69) is 21.5 Å². The van der Waals surface area contributed by atoms with Crippen LogP contribution in [-0.4, -0.2) is 20.7 Å². The number of aromatic amines is 1. The van der Waals surface area contributed by atoms with E-state index in [1.165, 1.54) is 6.07 Å². The van der Waals surface area contributed by atoms with Gasteiger partial charge in [0, 0.05) is 34.8 Å². The molecular formula is C24H23FN4O. The number of H-pyrrole nitrogens is 1. The fourth-order valence-electron chi connectivity index (χ4n) is 4.39. The van der Waals surface area contributed by atoms with Crippen molar-refractivity contribution in [1.82, 2.24) is 20.1 Å². The first-order valence-corrected chi connectivity index (χ1v) is 10.4. The molecule has 2 aromatic heterocycles. The molecule has 2 N–H and O–H groups in total. The lowest BCUT2D eigenvalue weighted by Crippen LogP contribution is -2.31. The summed E-state index contributed by atoms with van der Waals surface area (Å²) in [5, 5.41) is 8.76. The maximum atomic E-state index is 14.2. The van der Waals surface area contributed by atoms with E-state index in [1.54, 1.807) is 29.1 Å². The van der Waals surface area contributed by atoms with Crippen LogP contribution in [-0.2, 0) is 17.6 Å². The van der Waals surface area contributed by atoms with Crippen molar-refractivity contribution in [2.24, 2.45) is 0 Å². The van der Waals surface area contributed by atoms with Gasteiger partial charge in [0.1, 0.15) is 11.5 Å². The maximum Gasteiger partial charge on any atom is 0.220 e. The lowest BCUT2D eigenvalue weighted by atomic mass is 9.92. The van der Waals surface area contributed by atoms with E-state index in [1.807, 2.05) is 24.4 Å². The number of nitrogens with zero attached hydrogens (tertiary/aromatic N) is 2. The third-order valence-corrected chi connectivity index (χ3v) is 5.90. The molecule has 0 saturated heterocycles. The summed E-state index contributed by atoms with van der Waals surface area (Å²) in [4.78, 5) is 15.9. The van der Waals surface area contributed by atoms with Crippen molar-refractivity contribution in [1.29, 1.82) is 0 Å². The second kappa shape index (κ2) is 7.78. The van der Waals surface area contributed by atoms with E-state index in [0.29, 0.717) is 18.5 Å². The number of fused-ring (bicyclic) bond motifs is 2. The molecule has 0 unspecified atom stereocenters. The monoisotopic (exact) mass is 402 g/mol. The highest BCUT2D eigenvalue weighted by atomic mass is 19.1. The Morgan fingerprint density at radius 2 is 2.03 bits per heavy atom. The SMILES string of the molecule is O=C(CCc1c[nH]c2ccccc12)N[C@H]1CCCc2c1cnn2-c1ccccc1F. The largest absolute Gasteiger partial charge is 0.361 e. The zero-order chi connectivity index (χ0) is 20.5. The molecule has 0 bridgehead atoms. The quantitative estimate of drug-likeness (QED) is 0.512. The maximum absolute atomic E-state index is 14.2. The van der Waals surface area contributed by atoms with Crippen LogP contribution in [0.2, 0.25) is 0 Å². The fourth-order valence-corrected chi connectivity index (χ4v) is 4.39. The molecule has 5 nitrogen and oxygen atoms in total. The van der Waals surface area contributed by atoms with Gasteiger partial charge in [-0.3, -0.25) is 4.79 Å². The highest BCUT2D eigenvalue weighted by Gasteiger charge is 2.26. The molecule has 0 radical (unpaired) electrons. The molecule has 0 spiro atoms. The second-order valence-corrected chi connectivity index (χ2v) is 7.78. The van der Waals surface area contributed by atoms with Crippen molar-refractivity contribution < 1.29 is 9.18 Å². The molecule has 4 aromatic rings. The number of aryl methyl sites for hydroxylation is 1. The fraction of sp³-hybridized carbons (Fsp3) is 0.250. The van der Waals surface area contributed by atoms with Gasteiger partial charge in [0.05, 0.1) is 12.2 Å². The van der Waals surface area contributed by atoms with E-state index in [-0.39, 0.29) is 17.8 Å². The molecule has 30 heavy (non-hydrogen) atoms. The van der Waals surface area contributed by atoms with Crippen LogP contribution >= 0.6 is 0 Å². The molecule has 0 aliphatic heterocycles. The number of carbonyl (C=O) groups excluding carboxylic acids is 1. The lowest BCUT2D eigenvalue weighted by molar-refractivity contribution is -0.121. The van der Waals surface area contributed by atoms with Crippen LogP contribution in [0, 0.1) is 5.82 Å². The molecule has 2 aromatic carbocycles. The van der Waals surface area contributed by atoms with Crippen molar-refractivity contribution in [3.05, 3.63) is 83.6 Å². The van der Waals surface area contributed by atoms with E-state index in [4.69, 9.17) is 0 Å². The average molecular weight is 402 g/mol. The molecule has 2 heterocycles. The van der Waals surface area contributed by atoms with Gasteiger partial charge >= 0.3 is 0 Å². The number of aromatic nitrogens is 3. The van der Waals surface area contributed by atoms with Crippen LogP contribution in [0.5, 0.6) is 0 Å². The van der Waals surface area contributed by atoms with Gasteiger partial charge in [-0.1, -0.05) is 30.3 Å². The van der Waals surface area contributed by atoms with Crippen LogP contribution in [0.3, 0.4) is 0 Å². The first-order chi connectivity index (χ1) is 14.7. The summed E-state index contributed by atoms with van der Waals surface area (Å²) in [6, 6.07) is 14.7. The Hall–Kier alpha value is -3.41. The normalized spacial score (nSPS) is 15.8. The minimum Gasteiger partial charge on any atom is -0.361 e. The van der Waals surface area contributed by atoms with E-state index < -0.39 is 0 Å². The smallest absolute Gasteiger partial charge is 0.220 e. The Balaban J connectivity index is 1.30. The molecule has 152 valence electrons. The molecule has 1 amide bonds. The zero-order valence-corrected chi connectivity index (χ0v) is 16.6. The zero-order valence-electron chi connectivity index (χ0n) is 16.6. The number of rotatable bonds is 5. The van der Waals surface area contributed by atoms with Crippen molar-refractivity contribution >= 4 is 16.8 Å². The summed E-state index contributed by atoms with van der Waals surface area (Å²) in [6.45, 7) is 0. The minimum atomic E-state index is -0.298. The number of nitrogens with one attached hydrogen (secondary N) is 2. The highest BCUT2D eigenvalue weighted by molar-refractivity contribution is 5.84. The van der Waals surface area contributed by atoms with Gasteiger partial charge in [-0.05, 0) is 49.4 Å². The van der Waals surface area contributed by atoms with Crippen molar-refractivity contribution in [3.63, 3.8) is 0 Å². The Labute approximate surface area is 173 Å². The van der Waals surface area contributed by atoms with E-state index in [9.17, 15) is 9.18 Å². The molecule has 1 aliphatic carbocycles. The standard InChI is InChI=1S/C24H23FN4O/c25-19-7-2-4-10-23(19)29-22-11-5-9-21(18(22)15-27-29)28-24(30)13-12-16-14-26-20-8-3-1-6-17(16)20/h1-4,6-8,10,14-15,21,26H,5,9,11-13H2,(H,28,30)/t21-/m0/s1. The van der Waals surface area contributed by atoms with E-state index >= 15 is 0 Å². The predicted molar refractivity (Wildman–Crippen MR) is 114 cm³/mol. The number of hydrogen-bond acceptors (Lipinski definition) is 2. The first kappa shape index (κ1) is 18.6. The third-order valence-electron chi connectivity index (χ3n) is 5.90. The Bertz CT molecular complexity index is 1210. The van der Waals surface area contributed by atoms with Crippen molar-refractivity contribution in [2.45, 2.75) is 38.1 Å². The van der Waals surface area contributed by atoms with Gasteiger partial charge in [-0.2, -0.15) is 5.10 Å². The first-order valence-electron chi connectivity index (χ1n) is 10.4. The summed E-state index contributed by atoms with van der Waals surface area (Å²) < 4.78 is 15.9. The summed E-state index contributed by atoms with van der Waals surface area (Å²) in [7, 11) is 0. The van der Waals surface area contributed by atoms with Crippen LogP contribution in [0.15, 0.2) is 60.9 Å². The minimum absolute atomic E-state index is 0.0248. The van der Waals surface area contributed by atoms with Gasteiger partial charge in [0.15, 0.2) is 0 Å². The molecule has 6 heteroatoms. The molecule has 5 rings (SSSR count). The molecule has 0 saturated carbocycles. The lowest BCUT2D eigenvalue weighted by Gasteiger charge is -2.24. The van der Waals surface area contributed by atoms with Crippen LogP contribution in [0.25, 0.3) is 16.6 Å². The Kier molecular flexibility index (Phi) is 4.83. The number of benzene rings is 2. The Morgan fingerprint density at radius 3 is 2.93 bits per heavy atom. The van der Waals surface area contributed by atoms with Gasteiger partial charge in [0.2, 0.25) is 5.91 Å². The number of amides is 1. The van der Waals surface area contributed by atoms with E-state index in [0.717, 1.165) is 47.0 Å². The highest BCUT2D eigenvalue weighted by Crippen LogP contribution is 2.31. The van der Waals surface area contributed by atoms with Crippen molar-refractivity contribution in [3.8, 4) is 5.69 Å². The summed E-state index contributed by atoms with van der Waals surface area (Å²) in [5.41, 5.74) is 4.66. The molecular weight excluding hydrogens is 379 g/mol. The predicted octanol–water partition coefficient (Wildman–Crippen LogP) is 4.62. The topological polar surface area (TPSA) is 62.7 Å². The average Bonchev–Trinajstić information content (AvgIpc) is 3.38. The summed E-state index contributed by atoms with van der Waals surface area (Å²) in [5.74, 6) is -0.273. The Morgan fingerprint density at radius 1 is 1.20 bits per heavy atom. The van der Waals surface area contributed by atoms with Gasteiger partial charge in [0.25, 0.3) is 0 Å². The molecule has 1 aliphatic rings. The van der Waals surface area contributed by atoms with Crippen molar-refractivity contribution in [2.75, 3.05) is 0 Å². The number of carbonyl (C=O) groups is 1. The molecule has 1 atom stereocenters.